The molecule has 0 atom stereocenters. The highest BCUT2D eigenvalue weighted by Gasteiger charge is 2.27. The third kappa shape index (κ3) is 3.29. The molecule has 0 aliphatic carbocycles. The molecule has 1 aromatic carbocycles. The number of hydrogen-bond donors (Lipinski definition) is 1. The molecule has 2 aromatic rings. The fourth-order valence-electron chi connectivity index (χ4n) is 2.47. The van der Waals surface area contributed by atoms with E-state index in [9.17, 15) is 5.11 Å². The molecule has 1 heterocycles. The van der Waals surface area contributed by atoms with Crippen LogP contribution in [0.5, 0.6) is 5.75 Å². The smallest absolute Gasteiger partial charge is 0.123 e. The van der Waals surface area contributed by atoms with Gasteiger partial charge in [0.05, 0.1) is 4.88 Å². The lowest BCUT2D eigenvalue weighted by Gasteiger charge is -2.28. The number of phenolic OH excluding ortho intramolecular Hbond substituents is 1. The molecule has 0 bridgehead atoms. The first-order chi connectivity index (χ1) is 9.93. The van der Waals surface area contributed by atoms with Crippen molar-refractivity contribution in [2.24, 2.45) is 0 Å². The Bertz CT molecular complexity index is 717. The molecule has 4 heteroatoms. The fraction of sp³-hybridized carbons (Fsp3) is 0.500. The van der Waals surface area contributed by atoms with Gasteiger partial charge in [-0.2, -0.15) is 0 Å². The summed E-state index contributed by atoms with van der Waals surface area (Å²) in [4.78, 5) is 1.23. The maximum absolute atomic E-state index is 10.8. The van der Waals surface area contributed by atoms with E-state index in [1.165, 1.54) is 16.0 Å². The van der Waals surface area contributed by atoms with Crippen LogP contribution in [0.15, 0.2) is 12.1 Å². The highest BCUT2D eigenvalue weighted by Crippen LogP contribution is 2.44. The lowest BCUT2D eigenvalue weighted by Crippen LogP contribution is -2.17. The Labute approximate surface area is 146 Å². The molecule has 1 nitrogen and oxygen atoms in total. The summed E-state index contributed by atoms with van der Waals surface area (Å²) in [7, 11) is 3.38. The topological polar surface area (TPSA) is 20.2 Å². The second-order valence-electron chi connectivity index (χ2n) is 7.83. The average Bonchev–Trinajstić information content (AvgIpc) is 2.68. The molecule has 0 fully saturated rings. The van der Waals surface area contributed by atoms with E-state index in [2.05, 4.69) is 60.6 Å². The van der Waals surface area contributed by atoms with E-state index < -0.39 is 0 Å². The highest BCUT2D eigenvalue weighted by atomic mass is 32.9. The van der Waals surface area contributed by atoms with Gasteiger partial charge >= 0.3 is 0 Å². The Kier molecular flexibility index (Phi) is 4.60. The van der Waals surface area contributed by atoms with Crippen molar-refractivity contribution in [3.8, 4) is 16.2 Å². The number of rotatable bonds is 1. The minimum Gasteiger partial charge on any atom is -0.507 e. The lowest BCUT2D eigenvalue weighted by molar-refractivity contribution is 0.423. The summed E-state index contributed by atoms with van der Waals surface area (Å²) in [6, 6.07) is 4.26. The second-order valence-corrected chi connectivity index (χ2v) is 10.6. The Hall–Kier alpha value is -0.710. The zero-order valence-electron chi connectivity index (χ0n) is 14.3. The third-order valence-corrected chi connectivity index (χ3v) is 7.21. The van der Waals surface area contributed by atoms with Crippen molar-refractivity contribution in [2.45, 2.75) is 59.3 Å². The van der Waals surface area contributed by atoms with Crippen LogP contribution in [0.3, 0.4) is 0 Å². The predicted octanol–water partition coefficient (Wildman–Crippen LogP) is 6.82. The molecule has 0 spiro atoms. The van der Waals surface area contributed by atoms with Crippen molar-refractivity contribution in [2.75, 3.05) is 0 Å². The first-order valence-corrected chi connectivity index (χ1v) is 9.97. The molecule has 0 unspecified atom stereocenters. The summed E-state index contributed by atoms with van der Waals surface area (Å²) in [6.45, 7) is 14.9. The molecular weight excluding hydrogens is 328 g/mol. The minimum atomic E-state index is -0.106. The molecule has 1 aromatic heterocycles. The Morgan fingerprint density at radius 1 is 0.909 bits per heavy atom. The number of aromatic hydroxyl groups is 1. The average molecular weight is 353 g/mol. The molecule has 0 radical (unpaired) electrons. The summed E-state index contributed by atoms with van der Waals surface area (Å²) >= 11 is 5.39. The van der Waals surface area contributed by atoms with Gasteiger partial charge < -0.3 is 5.11 Å². The Morgan fingerprint density at radius 3 is 1.68 bits per heavy atom. The van der Waals surface area contributed by atoms with Crippen molar-refractivity contribution >= 4 is 32.9 Å². The maximum Gasteiger partial charge on any atom is 0.123 e. The van der Waals surface area contributed by atoms with Gasteiger partial charge in [0.2, 0.25) is 0 Å². The van der Waals surface area contributed by atoms with Crippen LogP contribution in [0.4, 0.5) is 0 Å². The summed E-state index contributed by atoms with van der Waals surface area (Å²) < 4.78 is 0.961. The van der Waals surface area contributed by atoms with Crippen LogP contribution in [-0.2, 0) is 10.8 Å². The fourth-order valence-corrected chi connectivity index (χ4v) is 5.35. The van der Waals surface area contributed by atoms with Crippen molar-refractivity contribution in [1.82, 2.24) is 0 Å². The number of phenols is 1. The van der Waals surface area contributed by atoms with Crippen molar-refractivity contribution in [3.63, 3.8) is 0 Å². The summed E-state index contributed by atoms with van der Waals surface area (Å²) in [6.07, 6.45) is 0. The molecule has 0 aliphatic heterocycles. The Balaban J connectivity index is 2.82. The third-order valence-electron chi connectivity index (χ3n) is 3.84. The largest absolute Gasteiger partial charge is 0.507 e. The normalized spacial score (nSPS) is 12.7. The molecule has 1 N–H and O–H groups in total. The minimum absolute atomic E-state index is 0.106. The van der Waals surface area contributed by atoms with Crippen LogP contribution in [0.25, 0.3) is 10.4 Å². The van der Waals surface area contributed by atoms with Crippen molar-refractivity contribution in [1.29, 1.82) is 0 Å². The first-order valence-electron chi connectivity index (χ1n) is 7.41. The van der Waals surface area contributed by atoms with Crippen molar-refractivity contribution in [3.05, 3.63) is 32.6 Å². The summed E-state index contributed by atoms with van der Waals surface area (Å²) in [5.41, 5.74) is 4.13. The zero-order chi connectivity index (χ0) is 16.9. The van der Waals surface area contributed by atoms with Crippen LogP contribution in [0.2, 0.25) is 0 Å². The van der Waals surface area contributed by atoms with Crippen molar-refractivity contribution < 1.29 is 5.11 Å². The van der Waals surface area contributed by atoms with Gasteiger partial charge in [0.1, 0.15) is 9.57 Å². The second kappa shape index (κ2) is 5.73. The number of benzene rings is 1. The first kappa shape index (κ1) is 17.6. The lowest BCUT2D eigenvalue weighted by atomic mass is 9.78. The van der Waals surface area contributed by atoms with E-state index in [1.807, 2.05) is 0 Å². The van der Waals surface area contributed by atoms with E-state index in [1.54, 1.807) is 20.7 Å². The summed E-state index contributed by atoms with van der Waals surface area (Å²) in [5.74, 6) is 0.431. The maximum atomic E-state index is 10.8. The van der Waals surface area contributed by atoms with Gasteiger partial charge in [-0.05, 0) is 41.0 Å². The highest BCUT2D eigenvalue weighted by molar-refractivity contribution is 7.80. The van der Waals surface area contributed by atoms with E-state index in [-0.39, 0.29) is 10.8 Å². The van der Waals surface area contributed by atoms with Crippen LogP contribution < -0.4 is 0 Å². The van der Waals surface area contributed by atoms with Gasteiger partial charge in [-0.25, -0.2) is 0 Å². The van der Waals surface area contributed by atoms with Gasteiger partial charge in [0.15, 0.2) is 0 Å². The van der Waals surface area contributed by atoms with Gasteiger partial charge in [-0.3, -0.25) is 0 Å². The molecule has 0 saturated heterocycles. The Morgan fingerprint density at radius 2 is 1.36 bits per heavy atom. The monoisotopic (exact) mass is 352 g/mol. The van der Waals surface area contributed by atoms with E-state index in [0.717, 1.165) is 15.0 Å². The summed E-state index contributed by atoms with van der Waals surface area (Å²) in [5, 5.41) is 10.8. The zero-order valence-corrected chi connectivity index (χ0v) is 16.8. The SMILES string of the molecule is Cc1c(-c2cc(C(C)(C)C)c(O)c(C(C)(C)C)c2)ssc1=S. The van der Waals surface area contributed by atoms with Crippen LogP contribution in [0, 0.1) is 10.7 Å². The molecule has 0 amide bonds. The van der Waals surface area contributed by atoms with E-state index in [4.69, 9.17) is 12.2 Å². The quantitative estimate of drug-likeness (QED) is 0.449. The van der Waals surface area contributed by atoms with E-state index in [0.29, 0.717) is 5.75 Å². The standard InChI is InChI=1S/C18H24OS3/c1-10-15(21-22-16(10)20)11-8-12(17(2,3)4)14(19)13(9-11)18(5,6)7/h8-9,19H,1-7H3. The molecule has 120 valence electrons. The predicted molar refractivity (Wildman–Crippen MR) is 102 cm³/mol. The molecule has 22 heavy (non-hydrogen) atoms. The van der Waals surface area contributed by atoms with Crippen LogP contribution in [-0.4, -0.2) is 5.11 Å². The van der Waals surface area contributed by atoms with Crippen LogP contribution in [0.1, 0.15) is 58.2 Å². The van der Waals surface area contributed by atoms with Crippen LogP contribution >= 0.6 is 32.9 Å². The van der Waals surface area contributed by atoms with Gasteiger partial charge in [-0.15, -0.1) is 0 Å². The van der Waals surface area contributed by atoms with Gasteiger partial charge in [0.25, 0.3) is 0 Å². The molecule has 0 aliphatic rings. The molecule has 2 rings (SSSR count). The molecular formula is C18H24OS3. The molecule has 0 saturated carbocycles. The van der Waals surface area contributed by atoms with Gasteiger partial charge in [-0.1, -0.05) is 74.4 Å². The number of hydrogen-bond acceptors (Lipinski definition) is 4. The van der Waals surface area contributed by atoms with Gasteiger partial charge in [0, 0.05) is 11.1 Å². The van der Waals surface area contributed by atoms with E-state index >= 15 is 0 Å².